The monoisotopic (exact) mass is 400 g/mol. The molecule has 2 fully saturated rings. The number of anilines is 2. The van der Waals surface area contributed by atoms with Crippen LogP contribution < -0.4 is 15.5 Å². The second-order valence-corrected chi connectivity index (χ2v) is 7.83. The molecular weight excluding hydrogens is 368 g/mol. The molecule has 0 unspecified atom stereocenters. The lowest BCUT2D eigenvalue weighted by Gasteiger charge is -2.46. The number of piperidine rings is 1. The second kappa shape index (κ2) is 9.04. The van der Waals surface area contributed by atoms with Crippen molar-refractivity contribution in [1.29, 1.82) is 0 Å². The van der Waals surface area contributed by atoms with Crippen LogP contribution in [0.3, 0.4) is 0 Å². The third-order valence-electron chi connectivity index (χ3n) is 5.97. The van der Waals surface area contributed by atoms with E-state index in [1.807, 2.05) is 13.8 Å². The Kier molecular flexibility index (Phi) is 6.25. The molecule has 0 aliphatic carbocycles. The Morgan fingerprint density at radius 2 is 2.03 bits per heavy atom. The van der Waals surface area contributed by atoms with E-state index in [4.69, 9.17) is 14.4 Å². The van der Waals surface area contributed by atoms with E-state index in [0.717, 1.165) is 57.2 Å². The Hall–Kier alpha value is -2.26. The first-order valence-corrected chi connectivity index (χ1v) is 10.8. The fourth-order valence-electron chi connectivity index (χ4n) is 4.48. The summed E-state index contributed by atoms with van der Waals surface area (Å²) in [7, 11) is 0. The summed E-state index contributed by atoms with van der Waals surface area (Å²) in [6.07, 6.45) is 5.40. The summed E-state index contributed by atoms with van der Waals surface area (Å²) < 4.78 is 5.60. The van der Waals surface area contributed by atoms with E-state index in [-0.39, 0.29) is 0 Å². The summed E-state index contributed by atoms with van der Waals surface area (Å²) in [5.41, 5.74) is 1.51. The molecule has 9 heteroatoms. The van der Waals surface area contributed by atoms with Gasteiger partial charge in [-0.15, -0.1) is 5.10 Å². The van der Waals surface area contributed by atoms with Crippen molar-refractivity contribution in [2.75, 3.05) is 49.5 Å². The van der Waals surface area contributed by atoms with Crippen LogP contribution in [0.2, 0.25) is 0 Å². The number of aromatic nitrogens is 4. The van der Waals surface area contributed by atoms with Crippen LogP contribution in [-0.4, -0.2) is 76.4 Å². The first-order chi connectivity index (χ1) is 14.2. The van der Waals surface area contributed by atoms with Gasteiger partial charge in [-0.05, 0) is 46.2 Å². The molecule has 0 amide bonds. The van der Waals surface area contributed by atoms with E-state index >= 15 is 0 Å². The number of rotatable bonds is 6. The van der Waals surface area contributed by atoms with E-state index in [2.05, 4.69) is 37.6 Å². The lowest BCUT2D eigenvalue weighted by atomic mass is 9.99. The number of aryl methyl sites for hydroxylation is 1. The highest BCUT2D eigenvalue weighted by atomic mass is 16.4. The molecular formula is C20H32N8O. The Morgan fingerprint density at radius 3 is 2.76 bits per heavy atom. The zero-order valence-corrected chi connectivity index (χ0v) is 17.7. The molecule has 0 aromatic carbocycles. The molecule has 0 saturated carbocycles. The van der Waals surface area contributed by atoms with Crippen molar-refractivity contribution >= 4 is 11.8 Å². The van der Waals surface area contributed by atoms with E-state index in [9.17, 15) is 0 Å². The lowest BCUT2D eigenvalue weighted by Crippen LogP contribution is -2.58. The Morgan fingerprint density at radius 1 is 1.21 bits per heavy atom. The van der Waals surface area contributed by atoms with Crippen molar-refractivity contribution < 1.29 is 4.42 Å². The molecule has 158 valence electrons. The minimum absolute atomic E-state index is 0.394. The third kappa shape index (κ3) is 4.35. The molecule has 2 N–H and O–H groups in total. The number of piperazine rings is 1. The van der Waals surface area contributed by atoms with Crippen LogP contribution in [0.4, 0.5) is 11.8 Å². The standard InChI is InChI=1S/C20H32N8O/c1-4-15-13-27(10-11-28(15)16-6-8-21-9-7-16)18-14(3)24-17(12-23-18)19-25-26-20(29-19)22-5-2/h12,15-16,21H,4-11,13H2,1-3H3,(H,22,26)/t15-/m0/s1. The summed E-state index contributed by atoms with van der Waals surface area (Å²) in [4.78, 5) is 14.5. The van der Waals surface area contributed by atoms with E-state index in [1.54, 1.807) is 6.20 Å². The smallest absolute Gasteiger partial charge is 0.315 e. The van der Waals surface area contributed by atoms with Gasteiger partial charge in [-0.25, -0.2) is 9.97 Å². The molecule has 4 rings (SSSR count). The molecule has 0 radical (unpaired) electrons. The minimum Gasteiger partial charge on any atom is -0.402 e. The average Bonchev–Trinajstić information content (AvgIpc) is 3.23. The fourth-order valence-corrected chi connectivity index (χ4v) is 4.48. The third-order valence-corrected chi connectivity index (χ3v) is 5.97. The highest BCUT2D eigenvalue weighted by molar-refractivity contribution is 5.52. The predicted molar refractivity (Wildman–Crippen MR) is 113 cm³/mol. The van der Waals surface area contributed by atoms with Crippen LogP contribution in [0, 0.1) is 6.92 Å². The van der Waals surface area contributed by atoms with Crippen molar-refractivity contribution in [1.82, 2.24) is 30.4 Å². The summed E-state index contributed by atoms with van der Waals surface area (Å²) in [6, 6.07) is 1.68. The van der Waals surface area contributed by atoms with Gasteiger partial charge in [0.25, 0.3) is 5.89 Å². The normalized spacial score (nSPS) is 21.5. The number of nitrogens with one attached hydrogen (secondary N) is 2. The summed E-state index contributed by atoms with van der Waals surface area (Å²) >= 11 is 0. The van der Waals surface area contributed by atoms with Crippen molar-refractivity contribution in [2.45, 2.75) is 52.1 Å². The summed E-state index contributed by atoms with van der Waals surface area (Å²) in [5.74, 6) is 1.36. The van der Waals surface area contributed by atoms with E-state index < -0.39 is 0 Å². The molecule has 29 heavy (non-hydrogen) atoms. The molecule has 0 bridgehead atoms. The lowest BCUT2D eigenvalue weighted by molar-refractivity contribution is 0.0935. The fraction of sp³-hybridized carbons (Fsp3) is 0.700. The molecule has 4 heterocycles. The molecule has 2 aliphatic heterocycles. The number of nitrogens with zero attached hydrogens (tertiary/aromatic N) is 6. The van der Waals surface area contributed by atoms with Crippen LogP contribution >= 0.6 is 0 Å². The van der Waals surface area contributed by atoms with E-state index in [0.29, 0.717) is 29.7 Å². The number of hydrogen-bond donors (Lipinski definition) is 2. The van der Waals surface area contributed by atoms with Crippen LogP contribution in [-0.2, 0) is 0 Å². The average molecular weight is 401 g/mol. The maximum Gasteiger partial charge on any atom is 0.315 e. The Bertz CT molecular complexity index is 804. The van der Waals surface area contributed by atoms with Crippen molar-refractivity contribution in [3.63, 3.8) is 0 Å². The maximum absolute atomic E-state index is 5.60. The van der Waals surface area contributed by atoms with Gasteiger partial charge in [0.2, 0.25) is 0 Å². The summed E-state index contributed by atoms with van der Waals surface area (Å²) in [6.45, 7) is 12.4. The van der Waals surface area contributed by atoms with Gasteiger partial charge in [-0.3, -0.25) is 4.90 Å². The zero-order chi connectivity index (χ0) is 20.2. The predicted octanol–water partition coefficient (Wildman–Crippen LogP) is 1.92. The molecule has 2 saturated heterocycles. The van der Waals surface area contributed by atoms with E-state index in [1.165, 1.54) is 12.8 Å². The quantitative estimate of drug-likeness (QED) is 0.754. The van der Waals surface area contributed by atoms with Crippen LogP contribution in [0.1, 0.15) is 38.8 Å². The van der Waals surface area contributed by atoms with Crippen LogP contribution in [0.15, 0.2) is 10.6 Å². The first-order valence-electron chi connectivity index (χ1n) is 10.8. The van der Waals surface area contributed by atoms with Gasteiger partial charge in [-0.1, -0.05) is 12.0 Å². The largest absolute Gasteiger partial charge is 0.402 e. The maximum atomic E-state index is 5.60. The van der Waals surface area contributed by atoms with Gasteiger partial charge in [-0.2, -0.15) is 0 Å². The van der Waals surface area contributed by atoms with Gasteiger partial charge >= 0.3 is 6.01 Å². The SMILES string of the molecule is CCNc1nnc(-c2cnc(N3CCN(C4CCNCC4)[C@@H](CC)C3)c(C)n2)o1. The molecule has 1 atom stereocenters. The summed E-state index contributed by atoms with van der Waals surface area (Å²) in [5, 5.41) is 14.5. The highest BCUT2D eigenvalue weighted by Crippen LogP contribution is 2.26. The van der Waals surface area contributed by atoms with Gasteiger partial charge in [0.15, 0.2) is 0 Å². The van der Waals surface area contributed by atoms with Gasteiger partial charge in [0.1, 0.15) is 11.5 Å². The van der Waals surface area contributed by atoms with Crippen molar-refractivity contribution in [3.05, 3.63) is 11.9 Å². The Balaban J connectivity index is 1.46. The second-order valence-electron chi connectivity index (χ2n) is 7.83. The van der Waals surface area contributed by atoms with Crippen molar-refractivity contribution in [2.24, 2.45) is 0 Å². The zero-order valence-electron chi connectivity index (χ0n) is 17.7. The molecule has 2 aromatic rings. The highest BCUT2D eigenvalue weighted by Gasteiger charge is 2.32. The topological polar surface area (TPSA) is 95.2 Å². The molecule has 0 spiro atoms. The molecule has 9 nitrogen and oxygen atoms in total. The Labute approximate surface area is 172 Å². The van der Waals surface area contributed by atoms with Crippen LogP contribution in [0.25, 0.3) is 11.6 Å². The molecule has 2 aliphatic rings. The van der Waals surface area contributed by atoms with Gasteiger partial charge in [0.05, 0.1) is 11.9 Å². The van der Waals surface area contributed by atoms with Crippen molar-refractivity contribution in [3.8, 4) is 11.6 Å². The molecule has 2 aromatic heterocycles. The number of hydrogen-bond acceptors (Lipinski definition) is 9. The first kappa shape index (κ1) is 20.0. The van der Waals surface area contributed by atoms with Gasteiger partial charge < -0.3 is 20.0 Å². The van der Waals surface area contributed by atoms with Gasteiger partial charge in [0, 0.05) is 38.3 Å². The minimum atomic E-state index is 0.394. The van der Waals surface area contributed by atoms with Crippen LogP contribution in [0.5, 0.6) is 0 Å².